The summed E-state index contributed by atoms with van der Waals surface area (Å²) in [6.07, 6.45) is -0.296. The average molecular weight is 467 g/mol. The molecule has 0 aromatic heterocycles. The Kier molecular flexibility index (Phi) is 6.69. The fraction of sp³-hybridized carbons (Fsp3) is 0.552. The molecule has 2 aliphatic rings. The van der Waals surface area contributed by atoms with Crippen LogP contribution in [0.1, 0.15) is 88.2 Å². The van der Waals surface area contributed by atoms with Gasteiger partial charge in [-0.3, -0.25) is 4.79 Å². The average Bonchev–Trinajstić information content (AvgIpc) is 2.76. The Morgan fingerprint density at radius 2 is 1.76 bits per heavy atom. The van der Waals surface area contributed by atoms with Crippen molar-refractivity contribution in [3.8, 4) is 11.5 Å². The maximum absolute atomic E-state index is 12.3. The van der Waals surface area contributed by atoms with Gasteiger partial charge in [0.15, 0.2) is 0 Å². The van der Waals surface area contributed by atoms with Crippen LogP contribution < -0.4 is 9.47 Å². The topological polar surface area (TPSA) is 65.0 Å². The first-order chi connectivity index (χ1) is 16.0. The standard InChI is InChI=1S/C29H38O5/c1-16(2)19-9-11-20(12-10-19)32-15-24-22(28(30)31)14-23-27(33-24)25-18(5)8-13-21(17(3)4)26(25)34-29(23,6)7/h8-13,16-17,22-24,27H,14-15H2,1-7H3,(H,30,31)/t22-,23+,24+,27+/m1/s1. The highest BCUT2D eigenvalue weighted by molar-refractivity contribution is 5.71. The van der Waals surface area contributed by atoms with Gasteiger partial charge >= 0.3 is 5.97 Å². The number of hydrogen-bond donors (Lipinski definition) is 1. The van der Waals surface area contributed by atoms with Gasteiger partial charge in [0.2, 0.25) is 0 Å². The number of carbonyl (C=O) groups is 1. The van der Waals surface area contributed by atoms with Crippen molar-refractivity contribution in [2.75, 3.05) is 6.61 Å². The smallest absolute Gasteiger partial charge is 0.309 e. The van der Waals surface area contributed by atoms with E-state index >= 15 is 0 Å². The van der Waals surface area contributed by atoms with Crippen LogP contribution >= 0.6 is 0 Å². The second kappa shape index (κ2) is 9.26. The van der Waals surface area contributed by atoms with Crippen LogP contribution in [0.15, 0.2) is 36.4 Å². The molecule has 184 valence electrons. The summed E-state index contributed by atoms with van der Waals surface area (Å²) in [6.45, 7) is 15.0. The molecule has 2 aromatic rings. The number of aliphatic carboxylic acids is 1. The number of benzene rings is 2. The SMILES string of the molecule is Cc1ccc(C(C)C)c2c1[C@H]1O[C@@H](COc3ccc(C(C)C)cc3)[C@H](C(=O)O)C[C@@H]1C(C)(C)O2. The van der Waals surface area contributed by atoms with Crippen molar-refractivity contribution >= 4 is 5.97 Å². The van der Waals surface area contributed by atoms with Crippen LogP contribution in [0.3, 0.4) is 0 Å². The number of fused-ring (bicyclic) bond motifs is 3. The van der Waals surface area contributed by atoms with Gasteiger partial charge in [-0.25, -0.2) is 0 Å². The summed E-state index contributed by atoms with van der Waals surface area (Å²) < 4.78 is 19.3. The normalized spacial score (nSPS) is 25.4. The van der Waals surface area contributed by atoms with Crippen LogP contribution in [0.2, 0.25) is 0 Å². The van der Waals surface area contributed by atoms with E-state index in [1.807, 2.05) is 12.1 Å². The van der Waals surface area contributed by atoms with E-state index in [9.17, 15) is 9.90 Å². The molecule has 0 aliphatic carbocycles. The minimum absolute atomic E-state index is 0.0659. The predicted molar refractivity (Wildman–Crippen MR) is 133 cm³/mol. The molecule has 0 spiro atoms. The molecule has 2 aromatic carbocycles. The van der Waals surface area contributed by atoms with Gasteiger partial charge in [-0.1, -0.05) is 52.0 Å². The summed E-state index contributed by atoms with van der Waals surface area (Å²) in [4.78, 5) is 12.3. The summed E-state index contributed by atoms with van der Waals surface area (Å²) in [6, 6.07) is 12.3. The predicted octanol–water partition coefficient (Wildman–Crippen LogP) is 6.64. The van der Waals surface area contributed by atoms with E-state index in [4.69, 9.17) is 14.2 Å². The number of rotatable bonds is 6. The molecule has 0 bridgehead atoms. The van der Waals surface area contributed by atoms with Gasteiger partial charge in [0, 0.05) is 11.5 Å². The van der Waals surface area contributed by atoms with E-state index in [2.05, 4.69) is 72.7 Å². The lowest BCUT2D eigenvalue weighted by molar-refractivity contribution is -0.192. The zero-order chi connectivity index (χ0) is 24.8. The Morgan fingerprint density at radius 1 is 1.09 bits per heavy atom. The maximum Gasteiger partial charge on any atom is 0.309 e. The highest BCUT2D eigenvalue weighted by Crippen LogP contribution is 2.54. The number of hydrogen-bond acceptors (Lipinski definition) is 4. The Hall–Kier alpha value is -2.53. The fourth-order valence-electron chi connectivity index (χ4n) is 5.36. The Balaban J connectivity index is 1.64. The second-order valence-electron chi connectivity index (χ2n) is 11.0. The lowest BCUT2D eigenvalue weighted by atomic mass is 9.70. The number of aryl methyl sites for hydroxylation is 1. The van der Waals surface area contributed by atoms with E-state index in [1.54, 1.807) is 0 Å². The Labute approximate surface area is 203 Å². The van der Waals surface area contributed by atoms with Crippen molar-refractivity contribution in [3.05, 3.63) is 58.7 Å². The zero-order valence-electron chi connectivity index (χ0n) is 21.4. The Morgan fingerprint density at radius 3 is 2.35 bits per heavy atom. The molecule has 2 aliphatic heterocycles. The minimum atomic E-state index is -0.851. The summed E-state index contributed by atoms with van der Waals surface area (Å²) in [5.41, 5.74) is 4.04. The first-order valence-corrected chi connectivity index (χ1v) is 12.4. The van der Waals surface area contributed by atoms with Crippen molar-refractivity contribution in [2.45, 2.75) is 84.5 Å². The molecule has 0 amide bonds. The number of carboxylic acids is 1. The van der Waals surface area contributed by atoms with Crippen LogP contribution in [0.25, 0.3) is 0 Å². The first-order valence-electron chi connectivity index (χ1n) is 12.4. The van der Waals surface area contributed by atoms with E-state index in [1.165, 1.54) is 5.56 Å². The minimum Gasteiger partial charge on any atom is -0.491 e. The second-order valence-corrected chi connectivity index (χ2v) is 11.0. The molecular formula is C29H38O5. The van der Waals surface area contributed by atoms with Crippen LogP contribution in [-0.2, 0) is 9.53 Å². The third-order valence-electron chi connectivity index (χ3n) is 7.53. The van der Waals surface area contributed by atoms with Crippen molar-refractivity contribution in [3.63, 3.8) is 0 Å². The highest BCUT2D eigenvalue weighted by atomic mass is 16.6. The van der Waals surface area contributed by atoms with Gasteiger partial charge < -0.3 is 19.3 Å². The van der Waals surface area contributed by atoms with Crippen molar-refractivity contribution in [1.29, 1.82) is 0 Å². The Bertz CT molecular complexity index is 1040. The van der Waals surface area contributed by atoms with Crippen molar-refractivity contribution in [2.24, 2.45) is 11.8 Å². The monoisotopic (exact) mass is 466 g/mol. The highest BCUT2D eigenvalue weighted by Gasteiger charge is 2.53. The zero-order valence-corrected chi connectivity index (χ0v) is 21.4. The summed E-state index contributed by atoms with van der Waals surface area (Å²) in [5, 5.41) is 10.1. The molecule has 0 radical (unpaired) electrons. The maximum atomic E-state index is 12.3. The van der Waals surface area contributed by atoms with Crippen molar-refractivity contribution in [1.82, 2.24) is 0 Å². The summed E-state index contributed by atoms with van der Waals surface area (Å²) in [5.74, 6) is 0.809. The molecule has 0 saturated carbocycles. The van der Waals surface area contributed by atoms with E-state index < -0.39 is 23.6 Å². The third-order valence-corrected chi connectivity index (χ3v) is 7.53. The molecule has 2 heterocycles. The lowest BCUT2D eigenvalue weighted by Gasteiger charge is -2.51. The van der Waals surface area contributed by atoms with E-state index in [0.717, 1.165) is 28.2 Å². The molecule has 4 rings (SSSR count). The van der Waals surface area contributed by atoms with Crippen LogP contribution in [-0.4, -0.2) is 29.4 Å². The molecular weight excluding hydrogens is 428 g/mol. The summed E-state index contributed by atoms with van der Waals surface area (Å²) in [7, 11) is 0. The lowest BCUT2D eigenvalue weighted by Crippen LogP contribution is -2.53. The summed E-state index contributed by atoms with van der Waals surface area (Å²) >= 11 is 0. The van der Waals surface area contributed by atoms with Gasteiger partial charge in [0.25, 0.3) is 0 Å². The van der Waals surface area contributed by atoms with Crippen LogP contribution in [0.4, 0.5) is 0 Å². The van der Waals surface area contributed by atoms with E-state index in [-0.39, 0.29) is 18.6 Å². The van der Waals surface area contributed by atoms with Crippen LogP contribution in [0.5, 0.6) is 11.5 Å². The fourth-order valence-corrected chi connectivity index (χ4v) is 5.36. The van der Waals surface area contributed by atoms with Gasteiger partial charge in [0.1, 0.15) is 29.8 Å². The van der Waals surface area contributed by atoms with E-state index in [0.29, 0.717) is 18.3 Å². The van der Waals surface area contributed by atoms with Crippen molar-refractivity contribution < 1.29 is 24.1 Å². The quantitative estimate of drug-likeness (QED) is 0.517. The largest absolute Gasteiger partial charge is 0.491 e. The molecule has 1 saturated heterocycles. The molecule has 1 N–H and O–H groups in total. The van der Waals surface area contributed by atoms with Gasteiger partial charge in [-0.05, 0) is 67.9 Å². The molecule has 1 fully saturated rings. The van der Waals surface area contributed by atoms with Gasteiger partial charge in [-0.2, -0.15) is 0 Å². The number of ether oxygens (including phenoxy) is 3. The molecule has 34 heavy (non-hydrogen) atoms. The van der Waals surface area contributed by atoms with Gasteiger partial charge in [-0.15, -0.1) is 0 Å². The van der Waals surface area contributed by atoms with Gasteiger partial charge in [0.05, 0.1) is 12.0 Å². The third kappa shape index (κ3) is 4.55. The first kappa shape index (κ1) is 24.6. The molecule has 5 heteroatoms. The number of carboxylic acid groups (broad SMARTS) is 1. The molecule has 4 atom stereocenters. The van der Waals surface area contributed by atoms with Crippen LogP contribution in [0, 0.1) is 18.8 Å². The molecule has 0 unspecified atom stereocenters. The molecule has 5 nitrogen and oxygen atoms in total.